The molecule has 1 amide bonds. The molecular formula is C54H66N10O7S. The second-order valence-electron chi connectivity index (χ2n) is 21.4. The van der Waals surface area contributed by atoms with Crippen molar-refractivity contribution >= 4 is 44.0 Å². The maximum absolute atomic E-state index is 14.1. The van der Waals surface area contributed by atoms with Crippen LogP contribution in [-0.4, -0.2) is 105 Å². The van der Waals surface area contributed by atoms with E-state index in [0.29, 0.717) is 48.8 Å². The number of aromatic nitrogens is 4. The Morgan fingerprint density at radius 2 is 1.76 bits per heavy atom. The van der Waals surface area contributed by atoms with Gasteiger partial charge < -0.3 is 25.0 Å². The highest BCUT2D eigenvalue weighted by molar-refractivity contribution is 7.90. The van der Waals surface area contributed by atoms with E-state index in [0.717, 1.165) is 94.9 Å². The van der Waals surface area contributed by atoms with Gasteiger partial charge in [-0.05, 0) is 123 Å². The second-order valence-corrected chi connectivity index (χ2v) is 23.1. The van der Waals surface area contributed by atoms with Crippen molar-refractivity contribution in [2.75, 3.05) is 49.5 Å². The molecule has 17 nitrogen and oxygen atoms in total. The first-order valence-corrected chi connectivity index (χ1v) is 26.8. The zero-order chi connectivity index (χ0) is 50.4. The Kier molecular flexibility index (Phi) is 13.6. The molecular weight excluding hydrogens is 933 g/mol. The van der Waals surface area contributed by atoms with Crippen LogP contribution in [0.4, 0.5) is 17.1 Å². The van der Waals surface area contributed by atoms with Crippen LogP contribution in [0.25, 0.3) is 11.0 Å². The van der Waals surface area contributed by atoms with Crippen molar-refractivity contribution in [3.05, 3.63) is 130 Å². The normalized spacial score (nSPS) is 22.0. The summed E-state index contributed by atoms with van der Waals surface area (Å²) in [5, 5.41) is 30.9. The number of ether oxygens (including phenoxy) is 1. The van der Waals surface area contributed by atoms with Crippen LogP contribution in [0.1, 0.15) is 111 Å². The van der Waals surface area contributed by atoms with Crippen LogP contribution in [0.3, 0.4) is 0 Å². The number of piperidine rings is 1. The number of nitrogens with one attached hydrogen (secondary N) is 3. The number of benzene rings is 3. The predicted octanol–water partition coefficient (Wildman–Crippen LogP) is 8.90. The molecule has 380 valence electrons. The smallest absolute Gasteiger partial charge is 0.293 e. The maximum atomic E-state index is 14.1. The minimum Gasteiger partial charge on any atom is -0.455 e. The number of piperazine rings is 1. The average molecular weight is 999 g/mol. The molecule has 4 fully saturated rings. The van der Waals surface area contributed by atoms with Gasteiger partial charge in [0, 0.05) is 106 Å². The van der Waals surface area contributed by atoms with Crippen molar-refractivity contribution < 1.29 is 28.0 Å². The fraction of sp³-hybridized carbons (Fsp3) is 0.463. The second kappa shape index (κ2) is 19.9. The number of amides is 1. The summed E-state index contributed by atoms with van der Waals surface area (Å²) in [7, 11) is -2.61. The summed E-state index contributed by atoms with van der Waals surface area (Å²) in [6.45, 7) is 12.3. The molecule has 3 aromatic heterocycles. The quantitative estimate of drug-likeness (QED) is 0.0561. The molecule has 2 aliphatic carbocycles. The fourth-order valence-electron chi connectivity index (χ4n) is 11.7. The van der Waals surface area contributed by atoms with E-state index in [9.17, 15) is 28.4 Å². The van der Waals surface area contributed by atoms with Crippen molar-refractivity contribution in [2.24, 2.45) is 18.4 Å². The zero-order valence-corrected chi connectivity index (χ0v) is 42.4. The number of aliphatic hydroxyl groups is 1. The van der Waals surface area contributed by atoms with Gasteiger partial charge in [-0.2, -0.15) is 5.10 Å². The molecule has 18 heteroatoms. The molecule has 0 radical (unpaired) electrons. The van der Waals surface area contributed by atoms with Crippen molar-refractivity contribution in [2.45, 2.75) is 107 Å². The number of rotatable bonds is 15. The average Bonchev–Trinajstić information content (AvgIpc) is 4.00. The third kappa shape index (κ3) is 10.6. The largest absolute Gasteiger partial charge is 0.455 e. The Labute approximate surface area is 421 Å². The van der Waals surface area contributed by atoms with Crippen LogP contribution >= 0.6 is 0 Å². The van der Waals surface area contributed by atoms with Crippen molar-refractivity contribution in [3.8, 4) is 11.5 Å². The Morgan fingerprint density at radius 3 is 2.50 bits per heavy atom. The number of H-pyrrole nitrogens is 1. The fourth-order valence-corrected chi connectivity index (χ4v) is 12.7. The lowest BCUT2D eigenvalue weighted by atomic mass is 9.59. The van der Waals surface area contributed by atoms with Crippen molar-refractivity contribution in [3.63, 3.8) is 0 Å². The summed E-state index contributed by atoms with van der Waals surface area (Å²) >= 11 is 0. The summed E-state index contributed by atoms with van der Waals surface area (Å²) < 4.78 is 38.1. The molecule has 5 heterocycles. The highest BCUT2D eigenvalue weighted by Crippen LogP contribution is 2.53. The molecule has 1 spiro atoms. The lowest BCUT2D eigenvalue weighted by Crippen LogP contribution is -2.60. The number of hydrogen-bond acceptors (Lipinski definition) is 13. The number of nitro benzene ring substituents is 1. The van der Waals surface area contributed by atoms with Gasteiger partial charge in [0.25, 0.3) is 21.6 Å². The van der Waals surface area contributed by atoms with E-state index < -0.39 is 37.0 Å². The lowest BCUT2D eigenvalue weighted by molar-refractivity contribution is -0.384. The molecule has 1 atom stereocenters. The number of aryl methyl sites for hydroxylation is 1. The third-order valence-corrected chi connectivity index (χ3v) is 17.3. The Balaban J connectivity index is 0.833. The van der Waals surface area contributed by atoms with Crippen LogP contribution in [0.5, 0.6) is 11.5 Å². The highest BCUT2D eigenvalue weighted by Gasteiger charge is 2.50. The number of nitrogens with zero attached hydrogens (tertiary/aromatic N) is 7. The molecule has 4 aliphatic rings. The van der Waals surface area contributed by atoms with Crippen LogP contribution in [0.2, 0.25) is 0 Å². The van der Waals surface area contributed by atoms with E-state index in [4.69, 9.17) is 4.74 Å². The molecule has 2 aliphatic heterocycles. The van der Waals surface area contributed by atoms with Crippen molar-refractivity contribution in [1.82, 2.24) is 34.3 Å². The molecule has 3 aromatic carbocycles. The first kappa shape index (κ1) is 49.2. The minimum atomic E-state index is -4.58. The van der Waals surface area contributed by atoms with E-state index in [2.05, 4.69) is 84.1 Å². The van der Waals surface area contributed by atoms with E-state index in [1.165, 1.54) is 28.8 Å². The predicted molar refractivity (Wildman–Crippen MR) is 277 cm³/mol. The van der Waals surface area contributed by atoms with Crippen molar-refractivity contribution in [1.29, 1.82) is 0 Å². The maximum Gasteiger partial charge on any atom is 0.293 e. The molecule has 2 saturated carbocycles. The number of anilines is 2. The number of fused-ring (bicyclic) bond motifs is 1. The first-order chi connectivity index (χ1) is 34.5. The number of carbonyl (C=O) groups excluding carboxylic acids is 1. The van der Waals surface area contributed by atoms with Gasteiger partial charge >= 0.3 is 0 Å². The molecule has 72 heavy (non-hydrogen) atoms. The van der Waals surface area contributed by atoms with E-state index in [1.807, 2.05) is 37.0 Å². The van der Waals surface area contributed by atoms with Crippen LogP contribution in [0.15, 0.2) is 102 Å². The summed E-state index contributed by atoms with van der Waals surface area (Å²) in [5.41, 5.74) is 4.84. The number of pyridine rings is 1. The third-order valence-electron chi connectivity index (χ3n) is 15.9. The number of carbonyl (C=O) groups is 1. The molecule has 6 aromatic rings. The van der Waals surface area contributed by atoms with Crippen LogP contribution < -0.4 is 19.7 Å². The SMILES string of the molecule is CC(C)c1ccccc1[C@H]1CN(Cc2cnn(C)c2)CCN1C1CC2(CCN(c3ccc(C(=O)NS(=O)(=O)c4ccc(NCC5CCC(C)(O)CC5)c([N+](=O)[O-])c4)c(Oc4cnc5[nH]ccc5c4)c3)CC2)C1. The molecule has 2 saturated heterocycles. The van der Waals surface area contributed by atoms with E-state index >= 15 is 0 Å². The van der Waals surface area contributed by atoms with Gasteiger partial charge in [-0.1, -0.05) is 38.1 Å². The summed E-state index contributed by atoms with van der Waals surface area (Å²) in [4.78, 5) is 40.5. The number of aromatic amines is 1. The molecule has 0 bridgehead atoms. The summed E-state index contributed by atoms with van der Waals surface area (Å²) in [6.07, 6.45) is 14.5. The topological polar surface area (TPSA) is 204 Å². The lowest BCUT2D eigenvalue weighted by Gasteiger charge is -2.58. The van der Waals surface area contributed by atoms with Gasteiger partial charge in [0.15, 0.2) is 0 Å². The van der Waals surface area contributed by atoms with E-state index in [1.54, 1.807) is 30.6 Å². The minimum absolute atomic E-state index is 0.0276. The summed E-state index contributed by atoms with van der Waals surface area (Å²) in [6, 6.07) is 22.2. The highest BCUT2D eigenvalue weighted by atomic mass is 32.2. The van der Waals surface area contributed by atoms with Gasteiger partial charge in [-0.25, -0.2) is 18.1 Å². The molecule has 4 N–H and O–H groups in total. The molecule has 0 unspecified atom stereocenters. The van der Waals surface area contributed by atoms with Crippen LogP contribution in [-0.2, 0) is 23.6 Å². The number of hydrogen-bond donors (Lipinski definition) is 4. The summed E-state index contributed by atoms with van der Waals surface area (Å²) in [5.74, 6) is 0.180. The Hall–Kier alpha value is -6.34. The zero-order valence-electron chi connectivity index (χ0n) is 41.6. The van der Waals surface area contributed by atoms with Crippen LogP contribution in [0, 0.1) is 21.4 Å². The Bertz CT molecular complexity index is 3050. The van der Waals surface area contributed by atoms with Gasteiger partial charge in [-0.3, -0.25) is 29.4 Å². The van der Waals surface area contributed by atoms with Gasteiger partial charge in [0.05, 0.1) is 33.4 Å². The Morgan fingerprint density at radius 1 is 0.986 bits per heavy atom. The number of sulfonamides is 1. The first-order valence-electron chi connectivity index (χ1n) is 25.4. The monoisotopic (exact) mass is 998 g/mol. The number of nitro groups is 1. The molecule has 10 rings (SSSR count). The van der Waals surface area contributed by atoms with Gasteiger partial charge in [0.2, 0.25) is 0 Å². The van der Waals surface area contributed by atoms with Gasteiger partial charge in [0.1, 0.15) is 22.8 Å². The van der Waals surface area contributed by atoms with E-state index in [-0.39, 0.29) is 28.3 Å². The standard InChI is InChI=1S/C54H66N10O7S/c1-36(2)44-7-5-6-8-45(44)49-35-61(34-38-31-58-60(4)33-38)23-24-63(49)41-28-54(29-41)18-21-62(22-19-54)40-9-11-46(50(26-40)71-42-25-39-15-20-55-51(39)57-32-42)52(65)59-72(69,70)43-10-12-47(48(27-43)64(67)68)56-30-37-13-16-53(3,66)17-14-37/h5-12,15,20,25-27,31-33,36-37,41,49,56,66H,13-14,16-19,21-24,28-30,34-35H2,1-4H3,(H,55,57)(H,59,65)/t37?,49-,53?/m1/s1. The van der Waals surface area contributed by atoms with Gasteiger partial charge in [-0.15, -0.1) is 0 Å².